The molecule has 1 rings (SSSR count). The van der Waals surface area contributed by atoms with Gasteiger partial charge in [-0.3, -0.25) is 0 Å². The summed E-state index contributed by atoms with van der Waals surface area (Å²) in [7, 11) is -3.36. The first-order valence-electron chi connectivity index (χ1n) is 5.51. The summed E-state index contributed by atoms with van der Waals surface area (Å²) in [5.41, 5.74) is 0.0491. The molecule has 1 heterocycles. The first kappa shape index (κ1) is 14.7. The molecule has 7 heteroatoms. The van der Waals surface area contributed by atoms with Gasteiger partial charge in [0.2, 0.25) is 10.0 Å². The molecule has 0 aliphatic carbocycles. The lowest BCUT2D eigenvalue weighted by atomic mass is 10.2. The van der Waals surface area contributed by atoms with E-state index in [1.165, 1.54) is 13.0 Å². The van der Waals surface area contributed by atoms with Crippen LogP contribution in [-0.2, 0) is 16.6 Å². The molecule has 102 valence electrons. The largest absolute Gasteiger partial charge is 0.478 e. The highest BCUT2D eigenvalue weighted by molar-refractivity contribution is 7.89. The van der Waals surface area contributed by atoms with Crippen LogP contribution in [0.3, 0.4) is 0 Å². The molecule has 0 aromatic carbocycles. The van der Waals surface area contributed by atoms with Gasteiger partial charge in [-0.25, -0.2) is 17.9 Å². The van der Waals surface area contributed by atoms with Crippen LogP contribution in [0, 0.1) is 12.8 Å². The van der Waals surface area contributed by atoms with Crippen LogP contribution in [-0.4, -0.2) is 25.2 Å². The lowest BCUT2D eigenvalue weighted by Crippen LogP contribution is -2.27. The molecule has 0 bridgehead atoms. The van der Waals surface area contributed by atoms with Crippen LogP contribution in [0.5, 0.6) is 0 Å². The van der Waals surface area contributed by atoms with E-state index in [4.69, 9.17) is 9.52 Å². The van der Waals surface area contributed by atoms with Gasteiger partial charge in [-0.2, -0.15) is 0 Å². The fraction of sp³-hybridized carbons (Fsp3) is 0.545. The lowest BCUT2D eigenvalue weighted by molar-refractivity contribution is 0.0695. The van der Waals surface area contributed by atoms with Gasteiger partial charge in [-0.15, -0.1) is 0 Å². The van der Waals surface area contributed by atoms with Crippen LogP contribution < -0.4 is 4.72 Å². The minimum atomic E-state index is -3.36. The van der Waals surface area contributed by atoms with E-state index in [-0.39, 0.29) is 35.3 Å². The molecule has 0 radical (unpaired) electrons. The monoisotopic (exact) mass is 275 g/mol. The van der Waals surface area contributed by atoms with Crippen molar-refractivity contribution in [2.75, 3.05) is 5.75 Å². The first-order chi connectivity index (χ1) is 8.21. The third-order valence-electron chi connectivity index (χ3n) is 2.22. The maximum absolute atomic E-state index is 11.6. The Kier molecular flexibility index (Phi) is 4.53. The van der Waals surface area contributed by atoms with Crippen LogP contribution in [0.2, 0.25) is 0 Å². The second-order valence-electron chi connectivity index (χ2n) is 4.48. The smallest absolute Gasteiger partial charge is 0.339 e. The number of carboxylic acid groups (broad SMARTS) is 1. The van der Waals surface area contributed by atoms with Crippen LogP contribution in [0.4, 0.5) is 0 Å². The van der Waals surface area contributed by atoms with Crippen molar-refractivity contribution in [3.05, 3.63) is 23.2 Å². The van der Waals surface area contributed by atoms with E-state index in [0.717, 1.165) is 0 Å². The van der Waals surface area contributed by atoms with Gasteiger partial charge in [0.1, 0.15) is 17.1 Å². The predicted molar refractivity (Wildman–Crippen MR) is 65.9 cm³/mol. The van der Waals surface area contributed by atoms with Crippen LogP contribution in [0.15, 0.2) is 10.5 Å². The van der Waals surface area contributed by atoms with Gasteiger partial charge in [0.05, 0.1) is 12.3 Å². The highest BCUT2D eigenvalue weighted by atomic mass is 32.2. The van der Waals surface area contributed by atoms with Crippen molar-refractivity contribution in [2.45, 2.75) is 27.3 Å². The van der Waals surface area contributed by atoms with Gasteiger partial charge in [0.15, 0.2) is 0 Å². The van der Waals surface area contributed by atoms with Crippen molar-refractivity contribution in [2.24, 2.45) is 5.92 Å². The van der Waals surface area contributed by atoms with Crippen LogP contribution in [0.25, 0.3) is 0 Å². The van der Waals surface area contributed by atoms with Gasteiger partial charge in [-0.1, -0.05) is 13.8 Å². The first-order valence-corrected chi connectivity index (χ1v) is 7.16. The molecule has 0 saturated heterocycles. The number of rotatable bonds is 6. The van der Waals surface area contributed by atoms with E-state index in [0.29, 0.717) is 0 Å². The molecular formula is C11H17NO5S. The Morgan fingerprint density at radius 3 is 2.56 bits per heavy atom. The van der Waals surface area contributed by atoms with Crippen molar-refractivity contribution in [1.82, 2.24) is 4.72 Å². The fourth-order valence-electron chi connectivity index (χ4n) is 1.52. The number of furan rings is 1. The van der Waals surface area contributed by atoms with Crippen molar-refractivity contribution in [3.8, 4) is 0 Å². The zero-order chi connectivity index (χ0) is 13.9. The Labute approximate surface area is 106 Å². The molecule has 0 fully saturated rings. The average molecular weight is 275 g/mol. The quantitative estimate of drug-likeness (QED) is 0.817. The molecule has 0 atom stereocenters. The molecule has 0 spiro atoms. The molecule has 6 nitrogen and oxygen atoms in total. The Morgan fingerprint density at radius 1 is 1.50 bits per heavy atom. The third-order valence-corrected chi connectivity index (χ3v) is 3.91. The molecule has 2 N–H and O–H groups in total. The molecule has 0 amide bonds. The Morgan fingerprint density at radius 2 is 2.11 bits per heavy atom. The number of carbonyl (C=O) groups is 1. The number of nitrogens with one attached hydrogen (secondary N) is 1. The molecule has 1 aromatic heterocycles. The zero-order valence-corrected chi connectivity index (χ0v) is 11.4. The summed E-state index contributed by atoms with van der Waals surface area (Å²) in [5, 5.41) is 8.83. The fourth-order valence-corrected chi connectivity index (χ4v) is 2.88. The summed E-state index contributed by atoms with van der Waals surface area (Å²) in [6.45, 7) is 5.09. The SMILES string of the molecule is Cc1oc(CNS(=O)(=O)CC(C)C)cc1C(=O)O. The van der Waals surface area contributed by atoms with E-state index >= 15 is 0 Å². The van der Waals surface area contributed by atoms with Crippen LogP contribution >= 0.6 is 0 Å². The van der Waals surface area contributed by atoms with E-state index in [2.05, 4.69) is 4.72 Å². The molecule has 1 aromatic rings. The van der Waals surface area contributed by atoms with Crippen molar-refractivity contribution < 1.29 is 22.7 Å². The van der Waals surface area contributed by atoms with Gasteiger partial charge >= 0.3 is 5.97 Å². The van der Waals surface area contributed by atoms with Gasteiger partial charge in [0.25, 0.3) is 0 Å². The average Bonchev–Trinajstić information content (AvgIpc) is 2.55. The topological polar surface area (TPSA) is 96.6 Å². The van der Waals surface area contributed by atoms with E-state index in [9.17, 15) is 13.2 Å². The summed E-state index contributed by atoms with van der Waals surface area (Å²) in [4.78, 5) is 10.8. The molecule has 18 heavy (non-hydrogen) atoms. The molecule has 0 saturated carbocycles. The maximum Gasteiger partial charge on any atom is 0.339 e. The predicted octanol–water partition coefficient (Wildman–Crippen LogP) is 1.36. The summed E-state index contributed by atoms with van der Waals surface area (Å²) in [6.07, 6.45) is 0. The molecule has 0 aliphatic heterocycles. The number of carboxylic acids is 1. The van der Waals surface area contributed by atoms with Gasteiger partial charge in [-0.05, 0) is 18.9 Å². The van der Waals surface area contributed by atoms with Gasteiger partial charge in [0, 0.05) is 0 Å². The Balaban J connectivity index is 2.70. The Bertz CT molecular complexity index is 530. The Hall–Kier alpha value is -1.34. The highest BCUT2D eigenvalue weighted by Crippen LogP contribution is 2.14. The minimum Gasteiger partial charge on any atom is -0.478 e. The number of aryl methyl sites for hydroxylation is 1. The standard InChI is InChI=1S/C11H17NO5S/c1-7(2)6-18(15,16)12-5-9-4-10(11(13)14)8(3)17-9/h4,7,12H,5-6H2,1-3H3,(H,13,14). The summed E-state index contributed by atoms with van der Waals surface area (Å²) in [6, 6.07) is 1.33. The number of aromatic carboxylic acids is 1. The van der Waals surface area contributed by atoms with Gasteiger partial charge < -0.3 is 9.52 Å². The molecular weight excluding hydrogens is 258 g/mol. The second kappa shape index (κ2) is 5.53. The number of sulfonamides is 1. The minimum absolute atomic E-state index is 0.0235. The molecule has 0 aliphatic rings. The van der Waals surface area contributed by atoms with E-state index in [1.807, 2.05) is 0 Å². The van der Waals surface area contributed by atoms with Crippen molar-refractivity contribution in [1.29, 1.82) is 0 Å². The molecule has 0 unspecified atom stereocenters. The summed E-state index contributed by atoms with van der Waals surface area (Å²) >= 11 is 0. The van der Waals surface area contributed by atoms with Crippen molar-refractivity contribution in [3.63, 3.8) is 0 Å². The number of hydrogen-bond acceptors (Lipinski definition) is 4. The highest BCUT2D eigenvalue weighted by Gasteiger charge is 2.16. The van der Waals surface area contributed by atoms with E-state index in [1.54, 1.807) is 13.8 Å². The van der Waals surface area contributed by atoms with Crippen LogP contribution in [0.1, 0.15) is 35.7 Å². The normalized spacial score (nSPS) is 12.0. The zero-order valence-electron chi connectivity index (χ0n) is 10.6. The maximum atomic E-state index is 11.6. The lowest BCUT2D eigenvalue weighted by Gasteiger charge is -2.07. The second-order valence-corrected chi connectivity index (χ2v) is 6.34. The summed E-state index contributed by atoms with van der Waals surface area (Å²) < 4.78 is 30.7. The van der Waals surface area contributed by atoms with Crippen molar-refractivity contribution >= 4 is 16.0 Å². The van der Waals surface area contributed by atoms with E-state index < -0.39 is 16.0 Å². The third kappa shape index (κ3) is 4.15. The number of hydrogen-bond donors (Lipinski definition) is 2. The summed E-state index contributed by atoms with van der Waals surface area (Å²) in [5.74, 6) is -0.487.